The van der Waals surface area contributed by atoms with E-state index in [1.807, 2.05) is 0 Å². The Balaban J connectivity index is 1.71. The number of carbonyl (C=O) groups is 3. The van der Waals surface area contributed by atoms with Gasteiger partial charge in [-0.25, -0.2) is 4.79 Å². The molecular formula is C31H45N3O21. The van der Waals surface area contributed by atoms with Crippen molar-refractivity contribution >= 4 is 23.5 Å². The molecule has 3 aliphatic rings. The first-order valence-electron chi connectivity index (χ1n) is 16.8. The number of nitrogens with one attached hydrogen (secondary N) is 2. The van der Waals surface area contributed by atoms with Gasteiger partial charge in [0.1, 0.15) is 72.8 Å². The van der Waals surface area contributed by atoms with Crippen LogP contribution < -0.4 is 15.4 Å². The van der Waals surface area contributed by atoms with Gasteiger partial charge in [-0.1, -0.05) is 0 Å². The molecule has 0 spiro atoms. The molecule has 2 unspecified atom stereocenters. The second-order valence-electron chi connectivity index (χ2n) is 13.1. The predicted molar refractivity (Wildman–Crippen MR) is 173 cm³/mol. The number of nitrogens with zero attached hydrogens (tertiary/aromatic N) is 1. The highest BCUT2D eigenvalue weighted by Gasteiger charge is 2.58. The highest BCUT2D eigenvalue weighted by atomic mass is 16.8. The van der Waals surface area contributed by atoms with E-state index in [1.165, 1.54) is 0 Å². The molecule has 310 valence electrons. The molecule has 0 bridgehead atoms. The first-order chi connectivity index (χ1) is 25.8. The summed E-state index contributed by atoms with van der Waals surface area (Å²) < 4.78 is 34.3. The molecule has 0 aliphatic carbocycles. The fourth-order valence-corrected chi connectivity index (χ4v) is 6.31. The maximum absolute atomic E-state index is 12.7. The maximum Gasteiger partial charge on any atom is 0.364 e. The minimum absolute atomic E-state index is 0.0994. The summed E-state index contributed by atoms with van der Waals surface area (Å²) in [6.07, 6.45) is -25.2. The number of aliphatic hydroxyl groups is 9. The second kappa shape index (κ2) is 18.5. The van der Waals surface area contributed by atoms with Crippen molar-refractivity contribution in [1.29, 1.82) is 0 Å². The maximum atomic E-state index is 12.7. The summed E-state index contributed by atoms with van der Waals surface area (Å²) in [7, 11) is 0. The lowest BCUT2D eigenvalue weighted by Crippen LogP contribution is -2.70. The number of benzene rings is 1. The topological polar surface area (TPSA) is 376 Å². The number of nitro benzene ring substituents is 1. The molecule has 0 saturated carbocycles. The molecule has 1 aromatic rings. The Morgan fingerprint density at radius 3 is 2.05 bits per heavy atom. The number of hydrogen-bond acceptors (Lipinski definition) is 20. The minimum Gasteiger partial charge on any atom is -0.477 e. The number of non-ortho nitro benzene ring substituents is 1. The first kappa shape index (κ1) is 44.0. The van der Waals surface area contributed by atoms with Crippen LogP contribution in [0.1, 0.15) is 20.3 Å². The highest BCUT2D eigenvalue weighted by molar-refractivity contribution is 5.76. The Labute approximate surface area is 310 Å². The summed E-state index contributed by atoms with van der Waals surface area (Å²) in [5.41, 5.74) is -0.329. The Morgan fingerprint density at radius 2 is 1.51 bits per heavy atom. The Bertz CT molecular complexity index is 1490. The van der Waals surface area contributed by atoms with Crippen molar-refractivity contribution in [2.24, 2.45) is 0 Å². The molecule has 2 amide bonds. The average molecular weight is 796 g/mol. The van der Waals surface area contributed by atoms with Crippen LogP contribution in [0.5, 0.6) is 5.75 Å². The van der Waals surface area contributed by atoms with Gasteiger partial charge in [0.25, 0.3) is 11.5 Å². The van der Waals surface area contributed by atoms with Crippen LogP contribution in [0, 0.1) is 10.1 Å². The number of hydrogen-bond donors (Lipinski definition) is 12. The lowest BCUT2D eigenvalue weighted by Gasteiger charge is -2.49. The highest BCUT2D eigenvalue weighted by Crippen LogP contribution is 2.36. The average Bonchev–Trinajstić information content (AvgIpc) is 3.13. The van der Waals surface area contributed by atoms with E-state index in [0.717, 1.165) is 38.1 Å². The van der Waals surface area contributed by atoms with Crippen molar-refractivity contribution in [3.63, 3.8) is 0 Å². The molecule has 3 aliphatic heterocycles. The predicted octanol–water partition coefficient (Wildman–Crippen LogP) is -6.08. The molecule has 4 rings (SSSR count). The van der Waals surface area contributed by atoms with Gasteiger partial charge in [-0.05, 0) is 12.1 Å². The van der Waals surface area contributed by atoms with Crippen molar-refractivity contribution in [3.05, 3.63) is 34.4 Å². The summed E-state index contributed by atoms with van der Waals surface area (Å²) in [4.78, 5) is 47.6. The van der Waals surface area contributed by atoms with E-state index >= 15 is 0 Å². The zero-order valence-electron chi connectivity index (χ0n) is 29.2. The summed E-state index contributed by atoms with van der Waals surface area (Å²) in [5, 5.41) is 120. The van der Waals surface area contributed by atoms with Crippen LogP contribution in [0.25, 0.3) is 0 Å². The first-order valence-corrected chi connectivity index (χ1v) is 16.8. The normalized spacial score (nSPS) is 37.6. The summed E-state index contributed by atoms with van der Waals surface area (Å²) in [6.45, 7) is -0.811. The Kier molecular flexibility index (Phi) is 14.8. The number of aliphatic hydroxyl groups excluding tert-OH is 9. The molecule has 3 fully saturated rings. The van der Waals surface area contributed by atoms with E-state index < -0.39 is 147 Å². The van der Waals surface area contributed by atoms with Gasteiger partial charge >= 0.3 is 5.97 Å². The van der Waals surface area contributed by atoms with Crippen LogP contribution in [-0.2, 0) is 38.1 Å². The lowest BCUT2D eigenvalue weighted by atomic mass is 9.88. The van der Waals surface area contributed by atoms with Crippen LogP contribution in [0.2, 0.25) is 0 Å². The van der Waals surface area contributed by atoms with Crippen LogP contribution in [-0.4, -0.2) is 191 Å². The number of aliphatic carboxylic acids is 1. The Morgan fingerprint density at radius 1 is 0.909 bits per heavy atom. The van der Waals surface area contributed by atoms with Gasteiger partial charge in [-0.2, -0.15) is 0 Å². The van der Waals surface area contributed by atoms with Crippen molar-refractivity contribution in [2.45, 2.75) is 118 Å². The SMILES string of the molecule is CC(=O)N[C@@H]1[C@@H](O)C[C@](OC[C@H]2O[C@@H](Oc3ccc([N+](=O)[O-])cc3)[C@H](NC(C)=O)[C@@H](O[C@@H]3O[C@H](CO)[C@H](O)[C@H](O)[C@H]3O)[C@@H]2O)(C(=O)O)O[C@H]1C(O)C(O)CO. The number of ether oxygens (including phenoxy) is 6. The molecule has 24 heteroatoms. The van der Waals surface area contributed by atoms with Crippen molar-refractivity contribution < 1.29 is 98.8 Å². The Hall–Kier alpha value is -3.73. The van der Waals surface area contributed by atoms with Gasteiger partial charge in [-0.15, -0.1) is 0 Å². The second-order valence-corrected chi connectivity index (χ2v) is 13.1. The van der Waals surface area contributed by atoms with Gasteiger partial charge in [-0.3, -0.25) is 19.7 Å². The molecule has 3 saturated heterocycles. The number of rotatable bonds is 15. The quantitative estimate of drug-likeness (QED) is 0.0580. The van der Waals surface area contributed by atoms with E-state index in [2.05, 4.69) is 10.6 Å². The van der Waals surface area contributed by atoms with Gasteiger partial charge in [0.15, 0.2) is 6.29 Å². The zero-order chi connectivity index (χ0) is 40.9. The van der Waals surface area contributed by atoms with E-state index in [4.69, 9.17) is 28.4 Å². The molecule has 1 aromatic carbocycles. The van der Waals surface area contributed by atoms with Gasteiger partial charge in [0.2, 0.25) is 18.1 Å². The van der Waals surface area contributed by atoms with E-state index in [0.29, 0.717) is 0 Å². The third-order valence-electron chi connectivity index (χ3n) is 9.15. The van der Waals surface area contributed by atoms with Gasteiger partial charge < -0.3 is 90.1 Å². The molecule has 3 heterocycles. The monoisotopic (exact) mass is 795 g/mol. The standard InChI is InChI=1S/C31H45N3O21/c1-11(37)32-19-15(39)7-31(30(46)47,55-27(19)21(41)16(40)8-35)50-10-18-23(43)26(54-29-25(45)24(44)22(42)17(9-36)52-29)20(33-12(2)38)28(53-18)51-14-5-3-13(4-6-14)34(48)49/h3-6,15-29,35-36,39-45H,7-10H2,1-2H3,(H,32,37)(H,33,38)(H,46,47)/t15-,16?,17+,18+,19+,20+,21?,22-,23+,24-,25+,26+,27+,28+,29-,31+/m0/s1. The third-order valence-corrected chi connectivity index (χ3v) is 9.15. The molecule has 0 aromatic heterocycles. The third kappa shape index (κ3) is 9.99. The van der Waals surface area contributed by atoms with Crippen LogP contribution in [0.15, 0.2) is 24.3 Å². The largest absolute Gasteiger partial charge is 0.477 e. The fraction of sp³-hybridized carbons (Fsp3) is 0.710. The molecule has 0 radical (unpaired) electrons. The minimum atomic E-state index is -2.91. The van der Waals surface area contributed by atoms with Crippen molar-refractivity contribution in [2.75, 3.05) is 19.8 Å². The number of carboxylic acid groups (broad SMARTS) is 1. The van der Waals surface area contributed by atoms with Crippen LogP contribution in [0.3, 0.4) is 0 Å². The van der Waals surface area contributed by atoms with E-state index in [9.17, 15) is 75.6 Å². The molecule has 24 nitrogen and oxygen atoms in total. The fourth-order valence-electron chi connectivity index (χ4n) is 6.31. The molecule has 55 heavy (non-hydrogen) atoms. The van der Waals surface area contributed by atoms with Crippen LogP contribution in [0.4, 0.5) is 5.69 Å². The van der Waals surface area contributed by atoms with Gasteiger partial charge in [0, 0.05) is 32.4 Å². The number of carboxylic acids is 1. The van der Waals surface area contributed by atoms with Crippen molar-refractivity contribution in [3.8, 4) is 5.75 Å². The number of carbonyl (C=O) groups excluding carboxylic acids is 2. The molecule has 16 atom stereocenters. The number of amides is 2. The zero-order valence-corrected chi connectivity index (χ0v) is 29.2. The lowest BCUT2D eigenvalue weighted by molar-refractivity contribution is -0.384. The molecule has 12 N–H and O–H groups in total. The van der Waals surface area contributed by atoms with Crippen LogP contribution >= 0.6 is 0 Å². The number of nitro groups is 1. The van der Waals surface area contributed by atoms with E-state index in [-0.39, 0.29) is 11.4 Å². The summed E-state index contributed by atoms with van der Waals surface area (Å²) >= 11 is 0. The van der Waals surface area contributed by atoms with Crippen molar-refractivity contribution in [1.82, 2.24) is 10.6 Å². The smallest absolute Gasteiger partial charge is 0.364 e. The van der Waals surface area contributed by atoms with E-state index in [1.54, 1.807) is 0 Å². The summed E-state index contributed by atoms with van der Waals surface area (Å²) in [5.74, 6) is -6.41. The van der Waals surface area contributed by atoms with Gasteiger partial charge in [0.05, 0.1) is 36.9 Å². The summed E-state index contributed by atoms with van der Waals surface area (Å²) in [6, 6.07) is 1.35. The molecular weight excluding hydrogens is 750 g/mol.